The van der Waals surface area contributed by atoms with Gasteiger partial charge in [0.05, 0.1) is 22.4 Å². The monoisotopic (exact) mass is 312 g/mol. The van der Waals surface area contributed by atoms with Gasteiger partial charge in [0.15, 0.2) is 0 Å². The highest BCUT2D eigenvalue weighted by molar-refractivity contribution is 6.03. The maximum atomic E-state index is 5.67. The second-order valence-corrected chi connectivity index (χ2v) is 5.63. The van der Waals surface area contributed by atoms with Crippen LogP contribution in [0.5, 0.6) is 0 Å². The largest absolute Gasteiger partial charge is 0.323 e. The molecule has 0 spiro atoms. The van der Waals surface area contributed by atoms with Gasteiger partial charge in [-0.15, -0.1) is 0 Å². The Balaban J connectivity index is 1.75. The smallest absolute Gasteiger partial charge is 0.0900 e. The van der Waals surface area contributed by atoms with E-state index in [2.05, 4.69) is 16.2 Å². The molecule has 0 aliphatic rings. The minimum atomic E-state index is 0.616. The fourth-order valence-electron chi connectivity index (χ4n) is 2.92. The van der Waals surface area contributed by atoms with Gasteiger partial charge in [0.25, 0.3) is 0 Å². The van der Waals surface area contributed by atoms with Gasteiger partial charge in [0, 0.05) is 23.4 Å². The van der Waals surface area contributed by atoms with E-state index in [0.29, 0.717) is 6.42 Å². The molecule has 0 fully saturated rings. The van der Waals surface area contributed by atoms with Gasteiger partial charge in [-0.3, -0.25) is 4.98 Å². The second kappa shape index (κ2) is 6.08. The summed E-state index contributed by atoms with van der Waals surface area (Å²) < 4.78 is 0. The van der Waals surface area contributed by atoms with Crippen molar-refractivity contribution in [3.05, 3.63) is 84.2 Å². The van der Waals surface area contributed by atoms with Crippen molar-refractivity contribution in [1.29, 1.82) is 0 Å². The summed E-state index contributed by atoms with van der Waals surface area (Å²) in [4.78, 5) is 9.10. The normalized spacial score (nSPS) is 11.9. The Bertz CT molecular complexity index is 1050. The van der Waals surface area contributed by atoms with E-state index < -0.39 is 0 Å². The fraction of sp³-hybridized carbons (Fsp3) is 0.0500. The van der Waals surface area contributed by atoms with Gasteiger partial charge < -0.3 is 5.84 Å². The molecule has 0 unspecified atom stereocenters. The molecule has 4 heteroatoms. The van der Waals surface area contributed by atoms with Crippen LogP contribution in [-0.2, 0) is 6.42 Å². The lowest BCUT2D eigenvalue weighted by Gasteiger charge is -2.09. The molecule has 2 heterocycles. The first-order chi connectivity index (χ1) is 11.8. The lowest BCUT2D eigenvalue weighted by molar-refractivity contribution is 1.17. The molecule has 0 saturated carbocycles. The van der Waals surface area contributed by atoms with Crippen molar-refractivity contribution >= 4 is 27.5 Å². The minimum absolute atomic E-state index is 0.616. The minimum Gasteiger partial charge on any atom is -0.323 e. The molecule has 0 bridgehead atoms. The van der Waals surface area contributed by atoms with Crippen LogP contribution in [0.25, 0.3) is 21.8 Å². The van der Waals surface area contributed by atoms with Crippen molar-refractivity contribution in [2.75, 3.05) is 0 Å². The van der Waals surface area contributed by atoms with Crippen LogP contribution in [-0.4, -0.2) is 15.7 Å². The molecule has 0 atom stereocenters. The average Bonchev–Trinajstić information content (AvgIpc) is 2.66. The van der Waals surface area contributed by atoms with Gasteiger partial charge in [-0.1, -0.05) is 42.5 Å². The zero-order chi connectivity index (χ0) is 16.4. The first-order valence-corrected chi connectivity index (χ1v) is 7.81. The predicted molar refractivity (Wildman–Crippen MR) is 97.9 cm³/mol. The van der Waals surface area contributed by atoms with Crippen LogP contribution < -0.4 is 5.84 Å². The third-order valence-corrected chi connectivity index (χ3v) is 4.15. The summed E-state index contributed by atoms with van der Waals surface area (Å²) in [6, 6.07) is 22.1. The predicted octanol–water partition coefficient (Wildman–Crippen LogP) is 3.69. The van der Waals surface area contributed by atoms with Gasteiger partial charge >= 0.3 is 0 Å². The van der Waals surface area contributed by atoms with Gasteiger partial charge in [-0.2, -0.15) is 5.10 Å². The molecule has 2 aromatic heterocycles. The number of pyridine rings is 2. The van der Waals surface area contributed by atoms with E-state index >= 15 is 0 Å². The van der Waals surface area contributed by atoms with Crippen LogP contribution in [0.15, 0.2) is 78.0 Å². The van der Waals surface area contributed by atoms with Crippen LogP contribution in [0.2, 0.25) is 0 Å². The highest BCUT2D eigenvalue weighted by atomic mass is 15.1. The van der Waals surface area contributed by atoms with Gasteiger partial charge in [0.2, 0.25) is 0 Å². The summed E-state index contributed by atoms with van der Waals surface area (Å²) in [5.74, 6) is 5.67. The topological polar surface area (TPSA) is 64.2 Å². The van der Waals surface area contributed by atoms with E-state index in [4.69, 9.17) is 10.8 Å². The molecule has 2 N–H and O–H groups in total. The summed E-state index contributed by atoms with van der Waals surface area (Å²) >= 11 is 0. The summed E-state index contributed by atoms with van der Waals surface area (Å²) in [6.07, 6.45) is 2.44. The highest BCUT2D eigenvalue weighted by Crippen LogP contribution is 2.19. The van der Waals surface area contributed by atoms with Crippen molar-refractivity contribution in [3.8, 4) is 0 Å². The van der Waals surface area contributed by atoms with Crippen molar-refractivity contribution in [2.45, 2.75) is 6.42 Å². The maximum absolute atomic E-state index is 5.67. The molecule has 0 aliphatic heterocycles. The molecule has 4 rings (SSSR count). The average molecular weight is 312 g/mol. The second-order valence-electron chi connectivity index (χ2n) is 5.63. The Morgan fingerprint density at radius 2 is 1.67 bits per heavy atom. The number of aromatic nitrogens is 2. The molecule has 2 aromatic carbocycles. The zero-order valence-electron chi connectivity index (χ0n) is 13.1. The molecule has 0 aliphatic carbocycles. The number of fused-ring (bicyclic) bond motifs is 2. The standard InChI is InChI=1S/C20H16N4/c21-24-20(19-10-9-14-5-1-3-7-17(14)23-19)13-15-11-12-22-18-8-4-2-6-16(15)18/h1-12H,13,21H2. The Morgan fingerprint density at radius 1 is 0.875 bits per heavy atom. The number of para-hydroxylation sites is 2. The van der Waals surface area contributed by atoms with Crippen LogP contribution in [0.3, 0.4) is 0 Å². The number of rotatable bonds is 3. The van der Waals surface area contributed by atoms with E-state index in [1.807, 2.05) is 66.9 Å². The number of hydrogen-bond donors (Lipinski definition) is 1. The Hall–Kier alpha value is -3.27. The molecule has 4 aromatic rings. The molecule has 116 valence electrons. The number of benzene rings is 2. The number of nitrogens with two attached hydrogens (primary N) is 1. The first kappa shape index (κ1) is 14.3. The SMILES string of the molecule is NN=C(Cc1ccnc2ccccc12)c1ccc2ccccc2n1. The van der Waals surface area contributed by atoms with E-state index in [-0.39, 0.29) is 0 Å². The third-order valence-electron chi connectivity index (χ3n) is 4.15. The van der Waals surface area contributed by atoms with Crippen molar-refractivity contribution in [1.82, 2.24) is 9.97 Å². The summed E-state index contributed by atoms with van der Waals surface area (Å²) in [7, 11) is 0. The van der Waals surface area contributed by atoms with E-state index in [1.54, 1.807) is 0 Å². The summed E-state index contributed by atoms with van der Waals surface area (Å²) in [5, 5.41) is 6.22. The van der Waals surface area contributed by atoms with Crippen molar-refractivity contribution in [2.24, 2.45) is 10.9 Å². The fourth-order valence-corrected chi connectivity index (χ4v) is 2.92. The lowest BCUT2D eigenvalue weighted by atomic mass is 10.0. The summed E-state index contributed by atoms with van der Waals surface area (Å²) in [6.45, 7) is 0. The van der Waals surface area contributed by atoms with E-state index in [1.165, 1.54) is 0 Å². The molecular formula is C20H16N4. The molecule has 0 radical (unpaired) electrons. The van der Waals surface area contributed by atoms with Gasteiger partial charge in [-0.05, 0) is 29.8 Å². The van der Waals surface area contributed by atoms with Gasteiger partial charge in [-0.25, -0.2) is 4.98 Å². The van der Waals surface area contributed by atoms with Crippen LogP contribution in [0.4, 0.5) is 0 Å². The highest BCUT2D eigenvalue weighted by Gasteiger charge is 2.10. The molecule has 24 heavy (non-hydrogen) atoms. The Kier molecular flexibility index (Phi) is 3.63. The Morgan fingerprint density at radius 3 is 2.54 bits per heavy atom. The van der Waals surface area contributed by atoms with Crippen LogP contribution in [0.1, 0.15) is 11.3 Å². The third kappa shape index (κ3) is 2.58. The maximum Gasteiger partial charge on any atom is 0.0900 e. The van der Waals surface area contributed by atoms with E-state index in [0.717, 1.165) is 38.8 Å². The number of nitrogens with zero attached hydrogens (tertiary/aromatic N) is 3. The van der Waals surface area contributed by atoms with E-state index in [9.17, 15) is 0 Å². The van der Waals surface area contributed by atoms with Crippen molar-refractivity contribution < 1.29 is 0 Å². The van der Waals surface area contributed by atoms with Crippen LogP contribution >= 0.6 is 0 Å². The summed E-state index contributed by atoms with van der Waals surface area (Å²) in [5.41, 5.74) is 4.61. The van der Waals surface area contributed by atoms with Crippen molar-refractivity contribution in [3.63, 3.8) is 0 Å². The first-order valence-electron chi connectivity index (χ1n) is 7.81. The molecule has 0 amide bonds. The molecule has 4 nitrogen and oxygen atoms in total. The van der Waals surface area contributed by atoms with Gasteiger partial charge in [0.1, 0.15) is 0 Å². The number of hydrogen-bond acceptors (Lipinski definition) is 4. The molecule has 0 saturated heterocycles. The molecular weight excluding hydrogens is 296 g/mol. The lowest BCUT2D eigenvalue weighted by Crippen LogP contribution is -2.11. The van der Waals surface area contributed by atoms with Crippen LogP contribution in [0, 0.1) is 0 Å². The Labute approximate surface area is 139 Å². The zero-order valence-corrected chi connectivity index (χ0v) is 13.1. The number of hydrazone groups is 1. The quantitative estimate of drug-likeness (QED) is 0.356.